The van der Waals surface area contributed by atoms with Crippen LogP contribution in [0.4, 0.5) is 17.6 Å². The number of rotatable bonds is 4. The first-order valence-electron chi connectivity index (χ1n) is 9.45. The standard InChI is InChI=1S/C17H22F4O7S/c18-15(19)8-27-17(28-9-16(15,20)21)11-3-10-4-12(17)7-14(5-10,6-11)13(22)26-1-2-29(23,24)25/h10-12H,1-9H2,(H,23,24,25). The molecule has 1 saturated heterocycles. The maximum absolute atomic E-state index is 13.8. The molecule has 1 aliphatic heterocycles. The number of carbonyl (C=O) groups excluding carboxylic acids is 1. The molecule has 4 saturated carbocycles. The van der Waals surface area contributed by atoms with Crippen LogP contribution in [0.2, 0.25) is 0 Å². The fourth-order valence-electron chi connectivity index (χ4n) is 5.70. The summed E-state index contributed by atoms with van der Waals surface area (Å²) >= 11 is 0. The molecule has 5 fully saturated rings. The average molecular weight is 446 g/mol. The van der Waals surface area contributed by atoms with E-state index >= 15 is 0 Å². The molecular formula is C17H22F4O7S. The zero-order valence-corrected chi connectivity index (χ0v) is 16.2. The number of carbonyl (C=O) groups is 1. The van der Waals surface area contributed by atoms with Crippen molar-refractivity contribution in [3.05, 3.63) is 0 Å². The van der Waals surface area contributed by atoms with Crippen LogP contribution in [0, 0.1) is 23.2 Å². The Morgan fingerprint density at radius 3 is 2.00 bits per heavy atom. The van der Waals surface area contributed by atoms with Crippen LogP contribution in [-0.2, 0) is 29.1 Å². The molecule has 0 amide bonds. The van der Waals surface area contributed by atoms with Gasteiger partial charge in [0.2, 0.25) is 0 Å². The number of hydrogen-bond acceptors (Lipinski definition) is 6. The summed E-state index contributed by atoms with van der Waals surface area (Å²) in [5.41, 5.74) is -0.953. The van der Waals surface area contributed by atoms with Gasteiger partial charge in [-0.05, 0) is 38.0 Å². The quantitative estimate of drug-likeness (QED) is 0.402. The Bertz CT molecular complexity index is 764. The van der Waals surface area contributed by atoms with Gasteiger partial charge >= 0.3 is 17.8 Å². The van der Waals surface area contributed by atoms with Crippen molar-refractivity contribution in [2.24, 2.45) is 23.2 Å². The number of halogens is 4. The van der Waals surface area contributed by atoms with Crippen LogP contribution in [0.1, 0.15) is 32.1 Å². The van der Waals surface area contributed by atoms with Crippen molar-refractivity contribution in [1.29, 1.82) is 0 Å². The third kappa shape index (κ3) is 3.45. The number of hydrogen-bond donors (Lipinski definition) is 1. The molecule has 29 heavy (non-hydrogen) atoms. The summed E-state index contributed by atoms with van der Waals surface area (Å²) in [6.07, 6.45) is 1.85. The van der Waals surface area contributed by atoms with Gasteiger partial charge in [0, 0.05) is 11.8 Å². The van der Waals surface area contributed by atoms with Crippen molar-refractivity contribution in [1.82, 2.24) is 0 Å². The summed E-state index contributed by atoms with van der Waals surface area (Å²) in [6.45, 7) is -3.41. The Morgan fingerprint density at radius 1 is 1.00 bits per heavy atom. The zero-order chi connectivity index (χ0) is 21.3. The van der Waals surface area contributed by atoms with E-state index in [9.17, 15) is 30.8 Å². The van der Waals surface area contributed by atoms with Crippen molar-refractivity contribution in [3.63, 3.8) is 0 Å². The lowest BCUT2D eigenvalue weighted by molar-refractivity contribution is -0.345. The number of esters is 1. The Hall–Kier alpha value is -0.980. The van der Waals surface area contributed by atoms with E-state index in [-0.39, 0.29) is 18.8 Å². The highest BCUT2D eigenvalue weighted by molar-refractivity contribution is 7.85. The second kappa shape index (κ2) is 6.51. The third-order valence-electron chi connectivity index (χ3n) is 6.83. The fraction of sp³-hybridized carbons (Fsp3) is 0.941. The Balaban J connectivity index is 1.53. The minimum Gasteiger partial charge on any atom is -0.464 e. The van der Waals surface area contributed by atoms with Crippen molar-refractivity contribution < 1.29 is 49.5 Å². The number of alkyl halides is 4. The molecule has 5 aliphatic rings. The van der Waals surface area contributed by atoms with E-state index in [0.717, 1.165) is 0 Å². The van der Waals surface area contributed by atoms with Crippen molar-refractivity contribution in [2.45, 2.75) is 49.7 Å². The minimum atomic E-state index is -4.35. The van der Waals surface area contributed by atoms with Crippen LogP contribution in [-0.4, -0.2) is 62.1 Å². The predicted molar refractivity (Wildman–Crippen MR) is 87.9 cm³/mol. The molecule has 5 rings (SSSR count). The molecule has 4 aliphatic carbocycles. The summed E-state index contributed by atoms with van der Waals surface area (Å²) in [7, 11) is -4.28. The average Bonchev–Trinajstić information content (AvgIpc) is 2.67. The van der Waals surface area contributed by atoms with Gasteiger partial charge in [0.05, 0.1) is 5.41 Å². The molecule has 0 aromatic carbocycles. The van der Waals surface area contributed by atoms with Gasteiger partial charge in [0.25, 0.3) is 10.1 Å². The highest BCUT2D eigenvalue weighted by Crippen LogP contribution is 2.66. The van der Waals surface area contributed by atoms with Gasteiger partial charge < -0.3 is 14.2 Å². The van der Waals surface area contributed by atoms with Crippen LogP contribution in [0.5, 0.6) is 0 Å². The van der Waals surface area contributed by atoms with E-state index in [1.54, 1.807) is 0 Å². The van der Waals surface area contributed by atoms with Crippen LogP contribution < -0.4 is 0 Å². The normalized spacial score (nSPS) is 39.3. The highest BCUT2D eigenvalue weighted by atomic mass is 32.2. The molecule has 166 valence electrons. The summed E-state index contributed by atoms with van der Waals surface area (Å²) in [5.74, 6) is -12.6. The van der Waals surface area contributed by atoms with E-state index in [1.165, 1.54) is 0 Å². The molecule has 0 aromatic heterocycles. The van der Waals surface area contributed by atoms with Crippen molar-refractivity contribution in [2.75, 3.05) is 25.6 Å². The van der Waals surface area contributed by atoms with Gasteiger partial charge in [0.15, 0.2) is 5.79 Å². The topological polar surface area (TPSA) is 99.1 Å². The first-order chi connectivity index (χ1) is 13.3. The van der Waals surface area contributed by atoms with Crippen molar-refractivity contribution >= 4 is 16.1 Å². The van der Waals surface area contributed by atoms with Gasteiger partial charge in [-0.3, -0.25) is 9.35 Å². The molecule has 2 atom stereocenters. The first kappa shape index (κ1) is 21.3. The summed E-state index contributed by atoms with van der Waals surface area (Å²) < 4.78 is 101. The Labute approximate surface area is 164 Å². The zero-order valence-electron chi connectivity index (χ0n) is 15.4. The van der Waals surface area contributed by atoms with Crippen LogP contribution in [0.15, 0.2) is 0 Å². The second-order valence-corrected chi connectivity index (χ2v) is 10.3. The van der Waals surface area contributed by atoms with E-state index in [0.29, 0.717) is 19.3 Å². The molecule has 0 aromatic rings. The minimum absolute atomic E-state index is 0.0729. The van der Waals surface area contributed by atoms with E-state index in [1.807, 2.05) is 0 Å². The van der Waals surface area contributed by atoms with Gasteiger partial charge in [-0.1, -0.05) is 0 Å². The van der Waals surface area contributed by atoms with Gasteiger partial charge in [0.1, 0.15) is 25.6 Å². The maximum atomic E-state index is 13.8. The van der Waals surface area contributed by atoms with E-state index < -0.39 is 76.5 Å². The van der Waals surface area contributed by atoms with Crippen LogP contribution in [0.25, 0.3) is 0 Å². The molecule has 0 radical (unpaired) electrons. The molecule has 2 unspecified atom stereocenters. The summed E-state index contributed by atoms with van der Waals surface area (Å²) in [5, 5.41) is 0. The lowest BCUT2D eigenvalue weighted by Gasteiger charge is -2.62. The van der Waals surface area contributed by atoms with E-state index in [4.69, 9.17) is 18.8 Å². The molecular weight excluding hydrogens is 424 g/mol. The van der Waals surface area contributed by atoms with Gasteiger partial charge in [-0.25, -0.2) is 0 Å². The van der Waals surface area contributed by atoms with Gasteiger partial charge in [-0.2, -0.15) is 26.0 Å². The Kier molecular flexibility index (Phi) is 4.77. The molecule has 1 heterocycles. The molecule has 1 N–H and O–H groups in total. The summed E-state index contributed by atoms with van der Waals surface area (Å²) in [4.78, 5) is 12.7. The SMILES string of the molecule is O=C(OCCS(=O)(=O)O)C12CC3CC(C1)C1(OCC(F)(F)C(F)(F)CO1)C(C3)C2. The van der Waals surface area contributed by atoms with Crippen molar-refractivity contribution in [3.8, 4) is 0 Å². The molecule has 4 bridgehead atoms. The predicted octanol–water partition coefficient (Wildman–Crippen LogP) is 2.26. The smallest absolute Gasteiger partial charge is 0.335 e. The third-order valence-corrected chi connectivity index (χ3v) is 7.51. The van der Waals surface area contributed by atoms with Gasteiger partial charge in [-0.15, -0.1) is 0 Å². The lowest BCUT2D eigenvalue weighted by Crippen LogP contribution is -2.65. The van der Waals surface area contributed by atoms with Crippen LogP contribution in [0.3, 0.4) is 0 Å². The molecule has 1 spiro atoms. The monoisotopic (exact) mass is 446 g/mol. The number of ether oxygens (including phenoxy) is 3. The Morgan fingerprint density at radius 2 is 1.52 bits per heavy atom. The largest absolute Gasteiger partial charge is 0.464 e. The van der Waals surface area contributed by atoms with Crippen LogP contribution >= 0.6 is 0 Å². The fourth-order valence-corrected chi connectivity index (χ4v) is 5.99. The highest BCUT2D eigenvalue weighted by Gasteiger charge is 2.70. The molecule has 12 heteroatoms. The first-order valence-corrected chi connectivity index (χ1v) is 11.1. The lowest BCUT2D eigenvalue weighted by atomic mass is 9.47. The maximum Gasteiger partial charge on any atom is 0.335 e. The molecule has 7 nitrogen and oxygen atoms in total. The summed E-state index contributed by atoms with van der Waals surface area (Å²) in [6, 6.07) is 0. The second-order valence-electron chi connectivity index (χ2n) is 8.75. The van der Waals surface area contributed by atoms with E-state index in [2.05, 4.69) is 0 Å².